The van der Waals surface area contributed by atoms with Crippen LogP contribution in [0, 0.1) is 21.4 Å². The Morgan fingerprint density at radius 3 is 1.47 bits per heavy atom. The number of ether oxygens (including phenoxy) is 4. The molecule has 0 aliphatic heterocycles. The molecule has 2 aromatic rings. The maximum absolute atomic E-state index is 11.9. The van der Waals surface area contributed by atoms with Crippen molar-refractivity contribution in [1.29, 1.82) is 0 Å². The highest BCUT2D eigenvalue weighted by Gasteiger charge is 2.14. The van der Waals surface area contributed by atoms with Crippen molar-refractivity contribution >= 4 is 147 Å². The molecule has 0 bridgehead atoms. The second kappa shape index (κ2) is 16.6. The minimum absolute atomic E-state index is 0.241. The Bertz CT molecular complexity index is 938. The summed E-state index contributed by atoms with van der Waals surface area (Å²) in [4.78, 5) is 23.7. The van der Waals surface area contributed by atoms with Gasteiger partial charge in [-0.15, -0.1) is 0 Å². The van der Waals surface area contributed by atoms with Crippen molar-refractivity contribution in [3.8, 4) is 0 Å². The van der Waals surface area contributed by atoms with E-state index >= 15 is 0 Å². The highest BCUT2D eigenvalue weighted by molar-refractivity contribution is 14.1. The molecule has 0 fully saturated rings. The Kier molecular flexibility index (Phi) is 15.5. The number of carbonyl (C=O) groups is 2. The second-order valence-corrected chi connectivity index (χ2v) is 13.7. The summed E-state index contributed by atoms with van der Waals surface area (Å²) in [7, 11) is 0. The fraction of sp³-hybridized carbons (Fsp3) is 0.333. The van der Waals surface area contributed by atoms with Crippen molar-refractivity contribution < 1.29 is 33.6 Å². The molecule has 0 saturated heterocycles. The zero-order valence-electron chi connectivity index (χ0n) is 17.3. The fourth-order valence-corrected chi connectivity index (χ4v) is 7.29. The molecule has 34 heavy (non-hydrogen) atoms. The zero-order valence-corrected chi connectivity index (χ0v) is 30.2. The van der Waals surface area contributed by atoms with E-state index in [1.54, 1.807) is 0 Å². The van der Waals surface area contributed by atoms with Gasteiger partial charge in [0.15, 0.2) is 0 Å². The SMILES string of the molecule is O=C(COCc1cc(I)cc(I)c1I)OCC(O)COC(=O)COCc1cc(I)cc(I)c1I. The number of hydrogen-bond donors (Lipinski definition) is 1. The highest BCUT2D eigenvalue weighted by Crippen LogP contribution is 2.24. The number of esters is 2. The summed E-state index contributed by atoms with van der Waals surface area (Å²) in [5.41, 5.74) is 1.98. The maximum Gasteiger partial charge on any atom is 0.332 e. The Morgan fingerprint density at radius 1 is 0.706 bits per heavy atom. The van der Waals surface area contributed by atoms with Gasteiger partial charge < -0.3 is 24.1 Å². The predicted octanol–water partition coefficient (Wildman–Crippen LogP) is 5.49. The molecule has 0 aliphatic rings. The van der Waals surface area contributed by atoms with Crippen LogP contribution in [0.5, 0.6) is 0 Å². The average Bonchev–Trinajstić information content (AvgIpc) is 2.77. The van der Waals surface area contributed by atoms with Crippen molar-refractivity contribution in [3.63, 3.8) is 0 Å². The summed E-state index contributed by atoms with van der Waals surface area (Å²) in [5, 5.41) is 9.91. The molecule has 2 rings (SSSR count). The number of rotatable bonds is 12. The van der Waals surface area contributed by atoms with Gasteiger partial charge in [-0.2, -0.15) is 0 Å². The topological polar surface area (TPSA) is 91.3 Å². The van der Waals surface area contributed by atoms with Crippen LogP contribution in [0.15, 0.2) is 24.3 Å². The normalized spacial score (nSPS) is 11.1. The summed E-state index contributed by atoms with van der Waals surface area (Å²) in [6.07, 6.45) is -1.13. The van der Waals surface area contributed by atoms with Crippen LogP contribution in [0.2, 0.25) is 0 Å². The second-order valence-electron chi connectivity index (χ2n) is 6.73. The number of hydrogen-bond acceptors (Lipinski definition) is 7. The molecule has 0 aliphatic carbocycles. The molecular weight excluding hydrogens is 1130 g/mol. The lowest BCUT2D eigenvalue weighted by Crippen LogP contribution is -2.27. The lowest BCUT2D eigenvalue weighted by atomic mass is 10.2. The van der Waals surface area contributed by atoms with Gasteiger partial charge in [0.05, 0.1) is 13.2 Å². The summed E-state index contributed by atoms with van der Waals surface area (Å²) < 4.78 is 27.4. The first kappa shape index (κ1) is 31.9. The fourth-order valence-electron chi connectivity index (χ4n) is 2.43. The van der Waals surface area contributed by atoms with E-state index in [0.29, 0.717) is 0 Å². The Balaban J connectivity index is 1.61. The zero-order chi connectivity index (χ0) is 25.3. The molecule has 0 radical (unpaired) electrons. The van der Waals surface area contributed by atoms with Crippen LogP contribution >= 0.6 is 136 Å². The molecule has 0 heterocycles. The number of aliphatic hydroxyl groups is 1. The summed E-state index contributed by atoms with van der Waals surface area (Å²) >= 11 is 13.5. The molecule has 0 spiro atoms. The molecule has 0 unspecified atom stereocenters. The van der Waals surface area contributed by atoms with Gasteiger partial charge in [0.2, 0.25) is 0 Å². The molecule has 0 amide bonds. The number of halogens is 6. The van der Waals surface area contributed by atoms with Crippen LogP contribution in [0.25, 0.3) is 0 Å². The van der Waals surface area contributed by atoms with Crippen LogP contribution in [0.3, 0.4) is 0 Å². The van der Waals surface area contributed by atoms with E-state index < -0.39 is 18.0 Å². The lowest BCUT2D eigenvalue weighted by Gasteiger charge is -2.13. The van der Waals surface area contributed by atoms with E-state index in [-0.39, 0.29) is 39.6 Å². The van der Waals surface area contributed by atoms with Gasteiger partial charge in [0.25, 0.3) is 0 Å². The molecular formula is C21H18I6O7. The van der Waals surface area contributed by atoms with Crippen LogP contribution < -0.4 is 0 Å². The number of carbonyl (C=O) groups excluding carboxylic acids is 2. The van der Waals surface area contributed by atoms with Gasteiger partial charge >= 0.3 is 11.9 Å². The van der Waals surface area contributed by atoms with Crippen molar-refractivity contribution in [2.24, 2.45) is 0 Å². The first-order valence-electron chi connectivity index (χ1n) is 9.48. The average molecular weight is 1140 g/mol. The number of aliphatic hydroxyl groups excluding tert-OH is 1. The molecule has 1 N–H and O–H groups in total. The summed E-state index contributed by atoms with van der Waals surface area (Å²) in [5.74, 6) is -1.21. The monoisotopic (exact) mass is 1140 g/mol. The third-order valence-corrected chi connectivity index (χ3v) is 11.5. The first-order valence-corrected chi connectivity index (χ1v) is 16.0. The van der Waals surface area contributed by atoms with Crippen molar-refractivity contribution in [1.82, 2.24) is 0 Å². The summed E-state index contributed by atoms with van der Waals surface area (Å²) in [6, 6.07) is 8.12. The van der Waals surface area contributed by atoms with Crippen LogP contribution in [0.1, 0.15) is 11.1 Å². The Morgan fingerprint density at radius 2 is 1.09 bits per heavy atom. The summed E-state index contributed by atoms with van der Waals surface area (Å²) in [6.45, 7) is -0.521. The van der Waals surface area contributed by atoms with E-state index in [0.717, 1.165) is 32.5 Å². The van der Waals surface area contributed by atoms with E-state index in [1.165, 1.54) is 0 Å². The molecule has 13 heteroatoms. The Labute approximate surface area is 279 Å². The number of benzene rings is 2. The van der Waals surface area contributed by atoms with E-state index in [2.05, 4.69) is 148 Å². The molecule has 0 saturated carbocycles. The largest absolute Gasteiger partial charge is 0.461 e. The van der Waals surface area contributed by atoms with Crippen LogP contribution in [-0.4, -0.2) is 49.6 Å². The van der Waals surface area contributed by atoms with Gasteiger partial charge in [-0.3, -0.25) is 0 Å². The minimum atomic E-state index is -1.13. The third kappa shape index (κ3) is 11.6. The smallest absolute Gasteiger partial charge is 0.332 e. The van der Waals surface area contributed by atoms with Gasteiger partial charge in [-0.25, -0.2) is 9.59 Å². The molecule has 186 valence electrons. The molecule has 0 aromatic heterocycles. The van der Waals surface area contributed by atoms with E-state index in [1.807, 2.05) is 12.1 Å². The molecule has 7 nitrogen and oxygen atoms in total. The third-order valence-electron chi connectivity index (χ3n) is 3.97. The van der Waals surface area contributed by atoms with Crippen molar-refractivity contribution in [2.75, 3.05) is 26.4 Å². The standard InChI is InChI=1S/C21H18I6O7/c22-13-1-11(20(26)16(24)3-13)5-31-9-18(29)33-7-15(28)8-34-19(30)10-32-6-12-2-14(23)4-17(25)21(12)27/h1-4,15,28H,5-10H2. The molecule has 0 atom stereocenters. The minimum Gasteiger partial charge on any atom is -0.461 e. The lowest BCUT2D eigenvalue weighted by molar-refractivity contribution is -0.158. The highest BCUT2D eigenvalue weighted by atomic mass is 127. The van der Waals surface area contributed by atoms with Crippen molar-refractivity contribution in [3.05, 3.63) is 56.8 Å². The first-order chi connectivity index (χ1) is 16.1. The van der Waals surface area contributed by atoms with Gasteiger partial charge in [-0.1, -0.05) is 0 Å². The van der Waals surface area contributed by atoms with Gasteiger partial charge in [0, 0.05) is 21.4 Å². The van der Waals surface area contributed by atoms with Gasteiger partial charge in [-0.05, 0) is 171 Å². The predicted molar refractivity (Wildman–Crippen MR) is 176 cm³/mol. The maximum atomic E-state index is 11.9. The van der Waals surface area contributed by atoms with Gasteiger partial charge in [0.1, 0.15) is 32.5 Å². The van der Waals surface area contributed by atoms with Crippen LogP contribution in [0.4, 0.5) is 0 Å². The quantitative estimate of drug-likeness (QED) is 0.171. The Hall–Kier alpha value is 1.64. The molecule has 2 aromatic carbocycles. The van der Waals surface area contributed by atoms with E-state index in [4.69, 9.17) is 18.9 Å². The van der Waals surface area contributed by atoms with E-state index in [9.17, 15) is 14.7 Å². The van der Waals surface area contributed by atoms with Crippen molar-refractivity contribution in [2.45, 2.75) is 19.3 Å². The van der Waals surface area contributed by atoms with Crippen LogP contribution in [-0.2, 0) is 41.8 Å².